The van der Waals surface area contributed by atoms with E-state index in [0.29, 0.717) is 6.04 Å². The number of nitrogens with one attached hydrogen (secondary N) is 1. The van der Waals surface area contributed by atoms with Gasteiger partial charge in [0, 0.05) is 11.4 Å². The lowest BCUT2D eigenvalue weighted by Crippen LogP contribution is -2.17. The predicted octanol–water partition coefficient (Wildman–Crippen LogP) is 4.07. The van der Waals surface area contributed by atoms with Crippen LogP contribution in [-0.2, 0) is 6.42 Å². The zero-order valence-electron chi connectivity index (χ0n) is 11.3. The van der Waals surface area contributed by atoms with Crippen LogP contribution in [0.15, 0.2) is 42.5 Å². The van der Waals surface area contributed by atoms with Crippen LogP contribution in [0.5, 0.6) is 0 Å². The Morgan fingerprint density at radius 2 is 1.95 bits per heavy atom. The fraction of sp³-hybridized carbons (Fsp3) is 0.294. The van der Waals surface area contributed by atoms with Gasteiger partial charge in [-0.15, -0.1) is 0 Å². The summed E-state index contributed by atoms with van der Waals surface area (Å²) in [6.45, 7) is 2.08. The van der Waals surface area contributed by atoms with Crippen molar-refractivity contribution in [2.75, 3.05) is 11.1 Å². The average Bonchev–Trinajstić information content (AvgIpc) is 2.44. The number of nitrogen functional groups attached to an aromatic ring is 1. The Labute approximate surface area is 114 Å². The number of hydrogen-bond acceptors (Lipinski definition) is 2. The van der Waals surface area contributed by atoms with Gasteiger partial charge in [-0.2, -0.15) is 0 Å². The van der Waals surface area contributed by atoms with Crippen LogP contribution in [0.2, 0.25) is 0 Å². The first-order chi connectivity index (χ1) is 9.25. The molecule has 0 aromatic heterocycles. The first-order valence-electron chi connectivity index (χ1n) is 6.95. The van der Waals surface area contributed by atoms with Gasteiger partial charge < -0.3 is 11.1 Å². The molecule has 1 aliphatic carbocycles. The van der Waals surface area contributed by atoms with Gasteiger partial charge in [-0.1, -0.05) is 30.3 Å². The maximum Gasteiger partial charge on any atom is 0.0516 e. The van der Waals surface area contributed by atoms with Crippen LogP contribution < -0.4 is 11.1 Å². The van der Waals surface area contributed by atoms with Crippen molar-refractivity contribution >= 4 is 11.4 Å². The SMILES string of the molecule is Cc1c(N)cccc1NC1CCCc2ccccc21. The number of rotatable bonds is 2. The van der Waals surface area contributed by atoms with Crippen molar-refractivity contribution in [3.63, 3.8) is 0 Å². The van der Waals surface area contributed by atoms with E-state index in [1.165, 1.54) is 30.4 Å². The van der Waals surface area contributed by atoms with Crippen molar-refractivity contribution in [2.24, 2.45) is 0 Å². The Kier molecular flexibility index (Phi) is 3.16. The lowest BCUT2D eigenvalue weighted by atomic mass is 9.87. The fourth-order valence-corrected chi connectivity index (χ4v) is 2.90. The summed E-state index contributed by atoms with van der Waals surface area (Å²) in [6, 6.07) is 15.2. The molecule has 0 saturated heterocycles. The quantitative estimate of drug-likeness (QED) is 0.791. The number of hydrogen-bond donors (Lipinski definition) is 2. The Morgan fingerprint density at radius 3 is 2.84 bits per heavy atom. The minimum absolute atomic E-state index is 0.408. The number of nitrogens with two attached hydrogens (primary N) is 1. The van der Waals surface area contributed by atoms with Gasteiger partial charge in [0.05, 0.1) is 6.04 Å². The van der Waals surface area contributed by atoms with Crippen LogP contribution in [0, 0.1) is 6.92 Å². The number of fused-ring (bicyclic) bond motifs is 1. The molecule has 19 heavy (non-hydrogen) atoms. The molecule has 3 N–H and O–H groups in total. The highest BCUT2D eigenvalue weighted by atomic mass is 14.9. The molecule has 3 rings (SSSR count). The minimum atomic E-state index is 0.408. The van der Waals surface area contributed by atoms with Crippen LogP contribution >= 0.6 is 0 Å². The van der Waals surface area contributed by atoms with E-state index < -0.39 is 0 Å². The molecule has 0 saturated carbocycles. The van der Waals surface area contributed by atoms with E-state index in [4.69, 9.17) is 5.73 Å². The largest absolute Gasteiger partial charge is 0.398 e. The smallest absolute Gasteiger partial charge is 0.0516 e. The third kappa shape index (κ3) is 2.30. The Balaban J connectivity index is 1.91. The third-order valence-electron chi connectivity index (χ3n) is 4.07. The lowest BCUT2D eigenvalue weighted by Gasteiger charge is -2.28. The summed E-state index contributed by atoms with van der Waals surface area (Å²) < 4.78 is 0. The highest BCUT2D eigenvalue weighted by Crippen LogP contribution is 2.33. The highest BCUT2D eigenvalue weighted by Gasteiger charge is 2.19. The molecule has 1 atom stereocenters. The molecule has 1 aliphatic rings. The molecule has 98 valence electrons. The summed E-state index contributed by atoms with van der Waals surface area (Å²) in [5.41, 5.74) is 12.1. The van der Waals surface area contributed by atoms with Crippen LogP contribution in [0.25, 0.3) is 0 Å². The number of benzene rings is 2. The van der Waals surface area contributed by atoms with E-state index in [9.17, 15) is 0 Å². The summed E-state index contributed by atoms with van der Waals surface area (Å²) >= 11 is 0. The van der Waals surface area contributed by atoms with Crippen LogP contribution in [0.3, 0.4) is 0 Å². The van der Waals surface area contributed by atoms with Gasteiger partial charge in [0.1, 0.15) is 0 Å². The van der Waals surface area contributed by atoms with E-state index in [-0.39, 0.29) is 0 Å². The lowest BCUT2D eigenvalue weighted by molar-refractivity contribution is 0.600. The van der Waals surface area contributed by atoms with Crippen molar-refractivity contribution < 1.29 is 0 Å². The first-order valence-corrected chi connectivity index (χ1v) is 6.95. The van der Waals surface area contributed by atoms with Gasteiger partial charge in [0.15, 0.2) is 0 Å². The van der Waals surface area contributed by atoms with Crippen LogP contribution in [0.1, 0.15) is 35.6 Å². The molecule has 0 radical (unpaired) electrons. The van der Waals surface area contributed by atoms with Gasteiger partial charge in [0.2, 0.25) is 0 Å². The maximum absolute atomic E-state index is 5.98. The number of aryl methyl sites for hydroxylation is 1. The Morgan fingerprint density at radius 1 is 1.11 bits per heavy atom. The van der Waals surface area contributed by atoms with Gasteiger partial charge in [0.25, 0.3) is 0 Å². The molecule has 2 aromatic rings. The van der Waals surface area contributed by atoms with Crippen LogP contribution in [0.4, 0.5) is 11.4 Å². The molecule has 0 spiro atoms. The number of anilines is 2. The molecular formula is C17H20N2. The van der Waals surface area contributed by atoms with Gasteiger partial charge in [-0.25, -0.2) is 0 Å². The van der Waals surface area contributed by atoms with E-state index in [1.54, 1.807) is 0 Å². The predicted molar refractivity (Wildman–Crippen MR) is 81.3 cm³/mol. The summed E-state index contributed by atoms with van der Waals surface area (Å²) in [6.07, 6.45) is 3.63. The van der Waals surface area contributed by atoms with Gasteiger partial charge >= 0.3 is 0 Å². The summed E-state index contributed by atoms with van der Waals surface area (Å²) in [7, 11) is 0. The van der Waals surface area contributed by atoms with Crippen molar-refractivity contribution in [3.05, 3.63) is 59.2 Å². The molecule has 0 amide bonds. The monoisotopic (exact) mass is 252 g/mol. The second kappa shape index (κ2) is 4.96. The van der Waals surface area contributed by atoms with E-state index in [0.717, 1.165) is 16.9 Å². The molecule has 0 aliphatic heterocycles. The Bertz CT molecular complexity index is 590. The maximum atomic E-state index is 5.98. The highest BCUT2D eigenvalue weighted by molar-refractivity contribution is 5.63. The second-order valence-corrected chi connectivity index (χ2v) is 5.31. The molecule has 2 aromatic carbocycles. The standard InChI is InChI=1S/C17H20N2/c1-12-15(18)9-5-10-16(12)19-17-11-4-7-13-6-2-3-8-14(13)17/h2-3,5-6,8-10,17,19H,4,7,11,18H2,1H3. The van der Waals surface area contributed by atoms with E-state index in [2.05, 4.69) is 42.6 Å². The molecular weight excluding hydrogens is 232 g/mol. The van der Waals surface area contributed by atoms with Crippen molar-refractivity contribution in [2.45, 2.75) is 32.2 Å². The average molecular weight is 252 g/mol. The molecule has 2 nitrogen and oxygen atoms in total. The van der Waals surface area contributed by atoms with Gasteiger partial charge in [-0.3, -0.25) is 0 Å². The molecule has 0 bridgehead atoms. The molecule has 2 heteroatoms. The van der Waals surface area contributed by atoms with Crippen LogP contribution in [-0.4, -0.2) is 0 Å². The second-order valence-electron chi connectivity index (χ2n) is 5.31. The van der Waals surface area contributed by atoms with Gasteiger partial charge in [-0.05, 0) is 55.0 Å². The summed E-state index contributed by atoms with van der Waals surface area (Å²) in [5, 5.41) is 3.67. The van der Waals surface area contributed by atoms with Crippen molar-refractivity contribution in [1.82, 2.24) is 0 Å². The summed E-state index contributed by atoms with van der Waals surface area (Å²) in [5.74, 6) is 0. The first kappa shape index (κ1) is 12.1. The fourth-order valence-electron chi connectivity index (χ4n) is 2.90. The summed E-state index contributed by atoms with van der Waals surface area (Å²) in [4.78, 5) is 0. The molecule has 0 heterocycles. The normalized spacial score (nSPS) is 17.8. The third-order valence-corrected chi connectivity index (χ3v) is 4.07. The molecule has 0 fully saturated rings. The zero-order chi connectivity index (χ0) is 13.2. The van der Waals surface area contributed by atoms with E-state index in [1.807, 2.05) is 12.1 Å². The van der Waals surface area contributed by atoms with Crippen molar-refractivity contribution in [1.29, 1.82) is 0 Å². The molecule has 1 unspecified atom stereocenters. The Hall–Kier alpha value is -1.96. The van der Waals surface area contributed by atoms with E-state index >= 15 is 0 Å². The minimum Gasteiger partial charge on any atom is -0.398 e. The zero-order valence-corrected chi connectivity index (χ0v) is 11.3. The van der Waals surface area contributed by atoms with Crippen molar-refractivity contribution in [3.8, 4) is 0 Å². The topological polar surface area (TPSA) is 38.0 Å².